The van der Waals surface area contributed by atoms with Gasteiger partial charge in [0.25, 0.3) is 0 Å². The van der Waals surface area contributed by atoms with Crippen molar-refractivity contribution >= 4 is 20.9 Å². The zero-order valence-electron chi connectivity index (χ0n) is 8.92. The van der Waals surface area contributed by atoms with Crippen molar-refractivity contribution in [3.8, 4) is 0 Å². The van der Waals surface area contributed by atoms with Crippen LogP contribution in [-0.4, -0.2) is 23.2 Å². The van der Waals surface area contributed by atoms with E-state index in [0.29, 0.717) is 11.1 Å². The van der Waals surface area contributed by atoms with Gasteiger partial charge in [-0.15, -0.1) is 0 Å². The molecule has 0 saturated carbocycles. The average molecular weight is 239 g/mol. The van der Waals surface area contributed by atoms with Gasteiger partial charge < -0.3 is 5.11 Å². The van der Waals surface area contributed by atoms with Crippen LogP contribution in [0.3, 0.4) is 0 Å². The quantitative estimate of drug-likeness (QED) is 0.879. The normalized spacial score (nSPS) is 12.1. The van der Waals surface area contributed by atoms with Crippen molar-refractivity contribution in [1.29, 1.82) is 0 Å². The van der Waals surface area contributed by atoms with E-state index in [4.69, 9.17) is 0 Å². The lowest BCUT2D eigenvalue weighted by molar-refractivity contribution is 0.283. The average Bonchev–Trinajstić information content (AvgIpc) is 2.68. The van der Waals surface area contributed by atoms with Crippen molar-refractivity contribution in [3.05, 3.63) is 36.0 Å². The van der Waals surface area contributed by atoms with Crippen molar-refractivity contribution in [1.82, 2.24) is 3.97 Å². The predicted molar refractivity (Wildman–Crippen MR) is 62.7 cm³/mol. The molecule has 0 unspecified atom stereocenters. The van der Waals surface area contributed by atoms with Crippen LogP contribution in [0.1, 0.15) is 12.5 Å². The second kappa shape index (κ2) is 3.92. The molecular formula is C11H13NO3S. The maximum absolute atomic E-state index is 11.8. The highest BCUT2D eigenvalue weighted by Gasteiger charge is 2.15. The fourth-order valence-electron chi connectivity index (χ4n) is 1.71. The molecule has 0 aliphatic carbocycles. The van der Waals surface area contributed by atoms with Crippen molar-refractivity contribution in [3.63, 3.8) is 0 Å². The third-order valence-electron chi connectivity index (χ3n) is 2.60. The summed E-state index contributed by atoms with van der Waals surface area (Å²) >= 11 is 0. The van der Waals surface area contributed by atoms with Crippen molar-refractivity contribution in [2.75, 3.05) is 5.75 Å². The molecule has 16 heavy (non-hydrogen) atoms. The molecule has 1 N–H and O–H groups in total. The highest BCUT2D eigenvalue weighted by Crippen LogP contribution is 2.22. The van der Waals surface area contributed by atoms with E-state index in [2.05, 4.69) is 0 Å². The van der Waals surface area contributed by atoms with E-state index in [-0.39, 0.29) is 12.4 Å². The number of fused-ring (bicyclic) bond motifs is 1. The van der Waals surface area contributed by atoms with Crippen LogP contribution in [0.4, 0.5) is 0 Å². The number of benzene rings is 1. The molecule has 0 bridgehead atoms. The first-order valence-corrected chi connectivity index (χ1v) is 6.64. The van der Waals surface area contributed by atoms with E-state index in [0.717, 1.165) is 5.39 Å². The first-order valence-electron chi connectivity index (χ1n) is 5.03. The summed E-state index contributed by atoms with van der Waals surface area (Å²) in [4.78, 5) is 0. The van der Waals surface area contributed by atoms with Crippen LogP contribution in [0, 0.1) is 0 Å². The highest BCUT2D eigenvalue weighted by atomic mass is 32.2. The van der Waals surface area contributed by atoms with Gasteiger partial charge >= 0.3 is 0 Å². The Bertz CT molecular complexity index is 613. The lowest BCUT2D eigenvalue weighted by Crippen LogP contribution is -2.13. The van der Waals surface area contributed by atoms with E-state index < -0.39 is 10.0 Å². The molecule has 86 valence electrons. The number of rotatable bonds is 3. The van der Waals surface area contributed by atoms with E-state index >= 15 is 0 Å². The molecule has 0 aliphatic heterocycles. The first kappa shape index (κ1) is 11.2. The molecular weight excluding hydrogens is 226 g/mol. The van der Waals surface area contributed by atoms with Gasteiger partial charge in [-0.1, -0.05) is 18.2 Å². The van der Waals surface area contributed by atoms with E-state index in [1.807, 2.05) is 12.1 Å². The van der Waals surface area contributed by atoms with Crippen molar-refractivity contribution in [2.45, 2.75) is 13.5 Å². The molecule has 0 saturated heterocycles. The van der Waals surface area contributed by atoms with E-state index in [1.54, 1.807) is 19.1 Å². The van der Waals surface area contributed by atoms with Gasteiger partial charge in [-0.3, -0.25) is 0 Å². The molecule has 2 aromatic rings. The summed E-state index contributed by atoms with van der Waals surface area (Å²) in [6, 6.07) is 7.15. The van der Waals surface area contributed by atoms with Crippen LogP contribution in [-0.2, 0) is 16.6 Å². The number of nitrogens with zero attached hydrogens (tertiary/aromatic N) is 1. The van der Waals surface area contributed by atoms with Gasteiger partial charge in [0.1, 0.15) is 0 Å². The largest absolute Gasteiger partial charge is 0.392 e. The zero-order valence-corrected chi connectivity index (χ0v) is 9.74. The summed E-state index contributed by atoms with van der Waals surface area (Å²) in [7, 11) is -3.31. The summed E-state index contributed by atoms with van der Waals surface area (Å²) in [5, 5.41) is 9.96. The molecule has 0 spiro atoms. The lowest BCUT2D eigenvalue weighted by atomic mass is 10.2. The van der Waals surface area contributed by atoms with E-state index in [1.165, 1.54) is 10.2 Å². The molecule has 0 atom stereocenters. The Kier molecular flexibility index (Phi) is 2.73. The fraction of sp³-hybridized carbons (Fsp3) is 0.273. The third-order valence-corrected chi connectivity index (χ3v) is 4.23. The molecule has 0 amide bonds. The summed E-state index contributed by atoms with van der Waals surface area (Å²) in [5.74, 6) is 0.0382. The van der Waals surface area contributed by atoms with Gasteiger partial charge in [-0.25, -0.2) is 12.4 Å². The van der Waals surface area contributed by atoms with Gasteiger partial charge in [0.05, 0.1) is 17.9 Å². The van der Waals surface area contributed by atoms with Gasteiger partial charge in [0, 0.05) is 17.1 Å². The minimum atomic E-state index is -3.31. The van der Waals surface area contributed by atoms with Crippen LogP contribution in [0.25, 0.3) is 10.9 Å². The minimum absolute atomic E-state index is 0.0382. The predicted octanol–water partition coefficient (Wildman–Crippen LogP) is 1.33. The molecule has 1 heterocycles. The molecule has 1 aromatic carbocycles. The SMILES string of the molecule is CCS(=O)(=O)n1cc(CO)c2ccccc21. The van der Waals surface area contributed by atoms with Crippen LogP contribution < -0.4 is 0 Å². The monoisotopic (exact) mass is 239 g/mol. The van der Waals surface area contributed by atoms with Crippen LogP contribution in [0.5, 0.6) is 0 Å². The summed E-state index contributed by atoms with van der Waals surface area (Å²) in [5.41, 5.74) is 1.25. The smallest absolute Gasteiger partial charge is 0.238 e. The van der Waals surface area contributed by atoms with Crippen LogP contribution in [0.2, 0.25) is 0 Å². The fourth-order valence-corrected chi connectivity index (χ4v) is 2.74. The van der Waals surface area contributed by atoms with Crippen molar-refractivity contribution in [2.24, 2.45) is 0 Å². The second-order valence-corrected chi connectivity index (χ2v) is 5.66. The molecule has 0 aliphatic rings. The molecule has 1 aromatic heterocycles. The standard InChI is InChI=1S/C11H13NO3S/c1-2-16(14,15)12-7-9(8-13)10-5-3-4-6-11(10)12/h3-7,13H,2,8H2,1H3. The number of aromatic nitrogens is 1. The second-order valence-electron chi connectivity index (χ2n) is 3.53. The Morgan fingerprint density at radius 1 is 1.31 bits per heavy atom. The number of aliphatic hydroxyl groups is 1. The lowest BCUT2D eigenvalue weighted by Gasteiger charge is -2.03. The summed E-state index contributed by atoms with van der Waals surface area (Å²) < 4.78 is 24.9. The number of aliphatic hydroxyl groups excluding tert-OH is 1. The van der Waals surface area contributed by atoms with E-state index in [9.17, 15) is 13.5 Å². The molecule has 4 nitrogen and oxygen atoms in total. The van der Waals surface area contributed by atoms with Gasteiger partial charge in [-0.2, -0.15) is 0 Å². The number of para-hydroxylation sites is 1. The van der Waals surface area contributed by atoms with Gasteiger partial charge in [0.2, 0.25) is 10.0 Å². The Morgan fingerprint density at radius 3 is 2.62 bits per heavy atom. The molecule has 0 fully saturated rings. The molecule has 0 radical (unpaired) electrons. The molecule has 5 heteroatoms. The topological polar surface area (TPSA) is 59.3 Å². The number of hydrogen-bond donors (Lipinski definition) is 1. The number of hydrogen-bond acceptors (Lipinski definition) is 3. The summed E-state index contributed by atoms with van der Waals surface area (Å²) in [6.45, 7) is 1.44. The van der Waals surface area contributed by atoms with Crippen LogP contribution in [0.15, 0.2) is 30.5 Å². The van der Waals surface area contributed by atoms with Gasteiger partial charge in [0.15, 0.2) is 0 Å². The molecule has 2 rings (SSSR count). The maximum atomic E-state index is 11.8. The Labute approximate surface area is 94.2 Å². The van der Waals surface area contributed by atoms with Gasteiger partial charge in [-0.05, 0) is 13.0 Å². The zero-order chi connectivity index (χ0) is 11.8. The first-order chi connectivity index (χ1) is 7.60. The minimum Gasteiger partial charge on any atom is -0.392 e. The maximum Gasteiger partial charge on any atom is 0.238 e. The summed E-state index contributed by atoms with van der Waals surface area (Å²) in [6.07, 6.45) is 1.49. The van der Waals surface area contributed by atoms with Crippen LogP contribution >= 0.6 is 0 Å². The Morgan fingerprint density at radius 2 is 2.00 bits per heavy atom. The Balaban J connectivity index is 2.82. The third kappa shape index (κ3) is 1.62. The highest BCUT2D eigenvalue weighted by molar-refractivity contribution is 7.90. The Hall–Kier alpha value is -1.33. The van der Waals surface area contributed by atoms with Crippen molar-refractivity contribution < 1.29 is 13.5 Å².